The third-order valence-electron chi connectivity index (χ3n) is 10.0. The number of hydrogen-bond donors (Lipinski definition) is 0. The first kappa shape index (κ1) is 29.4. The van der Waals surface area contributed by atoms with Crippen LogP contribution in [0.5, 0.6) is 5.75 Å². The van der Waals surface area contributed by atoms with Crippen LogP contribution in [0, 0.1) is 11.3 Å². The van der Waals surface area contributed by atoms with Gasteiger partial charge in [0.2, 0.25) is 0 Å². The molecule has 1 aliphatic carbocycles. The molecule has 210 valence electrons. The summed E-state index contributed by atoms with van der Waals surface area (Å²) < 4.78 is 6.32. The van der Waals surface area contributed by atoms with Crippen LogP contribution in [-0.4, -0.2) is 6.61 Å². The van der Waals surface area contributed by atoms with Crippen LogP contribution in [0.1, 0.15) is 114 Å². The van der Waals surface area contributed by atoms with Gasteiger partial charge in [-0.2, -0.15) is 0 Å². The highest BCUT2D eigenvalue weighted by Gasteiger charge is 2.24. The largest absolute Gasteiger partial charge is 0.493 e. The molecule has 0 radical (unpaired) electrons. The Kier molecular flexibility index (Phi) is 10.7. The van der Waals surface area contributed by atoms with E-state index >= 15 is 0 Å². The van der Waals surface area contributed by atoms with Gasteiger partial charge in [-0.15, -0.1) is 0 Å². The van der Waals surface area contributed by atoms with E-state index < -0.39 is 0 Å². The average molecular weight is 525 g/mol. The zero-order chi connectivity index (χ0) is 27.7. The van der Waals surface area contributed by atoms with Gasteiger partial charge in [0.25, 0.3) is 0 Å². The van der Waals surface area contributed by atoms with Crippen LogP contribution in [0.2, 0.25) is 0 Å². The molecule has 1 saturated carbocycles. The Labute approximate surface area is 239 Å². The quantitative estimate of drug-likeness (QED) is 0.216. The summed E-state index contributed by atoms with van der Waals surface area (Å²) in [6.45, 7) is 12.4. The van der Waals surface area contributed by atoms with Crippen LogP contribution in [-0.2, 0) is 19.3 Å². The van der Waals surface area contributed by atoms with Crippen LogP contribution in [0.25, 0.3) is 11.1 Å². The molecule has 1 aliphatic rings. The Bertz CT molecular complexity index is 1120. The second kappa shape index (κ2) is 14.2. The van der Waals surface area contributed by atoms with Gasteiger partial charge in [0.05, 0.1) is 6.61 Å². The Balaban J connectivity index is 1.32. The zero-order valence-corrected chi connectivity index (χ0v) is 25.4. The molecule has 4 rings (SSSR count). The first-order valence-corrected chi connectivity index (χ1v) is 15.9. The van der Waals surface area contributed by atoms with E-state index in [0.29, 0.717) is 5.41 Å². The first-order valence-electron chi connectivity index (χ1n) is 15.9. The first-order chi connectivity index (χ1) is 19.0. The molecule has 39 heavy (non-hydrogen) atoms. The molecule has 0 aromatic heterocycles. The van der Waals surface area contributed by atoms with Gasteiger partial charge in [-0.05, 0) is 101 Å². The van der Waals surface area contributed by atoms with E-state index in [2.05, 4.69) is 101 Å². The minimum atomic E-state index is 0.422. The van der Waals surface area contributed by atoms with Crippen LogP contribution in [0.15, 0.2) is 66.7 Å². The van der Waals surface area contributed by atoms with E-state index in [-0.39, 0.29) is 0 Å². The van der Waals surface area contributed by atoms with Crippen molar-refractivity contribution in [2.75, 3.05) is 6.61 Å². The summed E-state index contributed by atoms with van der Waals surface area (Å²) in [5.41, 5.74) is 8.70. The third-order valence-corrected chi connectivity index (χ3v) is 10.0. The highest BCUT2D eigenvalue weighted by molar-refractivity contribution is 5.66. The van der Waals surface area contributed by atoms with Crippen molar-refractivity contribution in [1.82, 2.24) is 0 Å². The molecular weight excluding hydrogens is 472 g/mol. The average Bonchev–Trinajstić information content (AvgIpc) is 2.99. The zero-order valence-electron chi connectivity index (χ0n) is 25.4. The summed E-state index contributed by atoms with van der Waals surface area (Å²) in [5.74, 6) is 2.75. The van der Waals surface area contributed by atoms with Gasteiger partial charge < -0.3 is 4.74 Å². The lowest BCUT2D eigenvalue weighted by Crippen LogP contribution is -2.21. The van der Waals surface area contributed by atoms with Crippen molar-refractivity contribution in [2.24, 2.45) is 11.3 Å². The lowest BCUT2D eigenvalue weighted by atomic mass is 9.77. The van der Waals surface area contributed by atoms with Crippen molar-refractivity contribution < 1.29 is 4.74 Å². The van der Waals surface area contributed by atoms with Crippen LogP contribution >= 0.6 is 0 Å². The number of rotatable bonds is 13. The number of aryl methyl sites for hydroxylation is 3. The third kappa shape index (κ3) is 7.77. The maximum Gasteiger partial charge on any atom is 0.122 e. The summed E-state index contributed by atoms with van der Waals surface area (Å²) in [6, 6.07) is 25.4. The maximum atomic E-state index is 6.32. The summed E-state index contributed by atoms with van der Waals surface area (Å²) in [4.78, 5) is 0. The van der Waals surface area contributed by atoms with Gasteiger partial charge in [-0.25, -0.2) is 0 Å². The lowest BCUT2D eigenvalue weighted by molar-refractivity contribution is 0.173. The summed E-state index contributed by atoms with van der Waals surface area (Å²) >= 11 is 0. The van der Waals surface area contributed by atoms with Crippen LogP contribution in [0.3, 0.4) is 0 Å². The van der Waals surface area contributed by atoms with Gasteiger partial charge in [0, 0.05) is 0 Å². The van der Waals surface area contributed by atoms with E-state index in [0.717, 1.165) is 49.9 Å². The van der Waals surface area contributed by atoms with Crippen LogP contribution in [0.4, 0.5) is 0 Å². The van der Waals surface area contributed by atoms with E-state index in [9.17, 15) is 0 Å². The molecule has 0 heterocycles. The van der Waals surface area contributed by atoms with Gasteiger partial charge >= 0.3 is 0 Å². The smallest absolute Gasteiger partial charge is 0.122 e. The van der Waals surface area contributed by atoms with Crippen molar-refractivity contribution in [3.63, 3.8) is 0 Å². The predicted octanol–water partition coefficient (Wildman–Crippen LogP) is 11.0. The molecule has 0 amide bonds. The molecule has 0 atom stereocenters. The highest BCUT2D eigenvalue weighted by atomic mass is 16.5. The molecular formula is C38H52O. The normalized spacial score (nSPS) is 17.8. The molecule has 0 saturated heterocycles. The molecule has 1 nitrogen and oxygen atoms in total. The van der Waals surface area contributed by atoms with Gasteiger partial charge in [-0.1, -0.05) is 121 Å². The second-order valence-corrected chi connectivity index (χ2v) is 12.2. The van der Waals surface area contributed by atoms with Crippen molar-refractivity contribution >= 4 is 0 Å². The van der Waals surface area contributed by atoms with Gasteiger partial charge in [-0.3, -0.25) is 0 Å². The van der Waals surface area contributed by atoms with E-state index in [1.807, 2.05) is 0 Å². The lowest BCUT2D eigenvalue weighted by Gasteiger charge is -2.30. The van der Waals surface area contributed by atoms with Crippen molar-refractivity contribution in [1.29, 1.82) is 0 Å². The number of hydrogen-bond acceptors (Lipinski definition) is 1. The molecule has 3 aromatic carbocycles. The fraction of sp³-hybridized carbons (Fsp3) is 0.526. The predicted molar refractivity (Wildman–Crippen MR) is 169 cm³/mol. The Morgan fingerprint density at radius 2 is 1.26 bits per heavy atom. The molecule has 0 aliphatic heterocycles. The van der Waals surface area contributed by atoms with E-state index in [1.54, 1.807) is 5.56 Å². The highest BCUT2D eigenvalue weighted by Crippen LogP contribution is 2.36. The Morgan fingerprint density at radius 3 is 1.82 bits per heavy atom. The standard InChI is InChI=1S/C38H52O/c1-6-32-28-36(24-25-37(32)39-27-26-38(7-2,8-3)9-4)35-22-16-31(17-23-35)13-12-30-14-20-34(21-15-30)33-18-10-29(5)11-19-33/h14-17,20-25,28-29,33H,6-13,18-19,26-27H2,1-5H3. The monoisotopic (exact) mass is 524 g/mol. The molecule has 0 unspecified atom stereocenters. The molecule has 1 heteroatoms. The van der Waals surface area contributed by atoms with Gasteiger partial charge in [0.1, 0.15) is 5.75 Å². The topological polar surface area (TPSA) is 9.23 Å². The van der Waals surface area contributed by atoms with Crippen molar-refractivity contribution in [2.45, 2.75) is 111 Å². The summed E-state index contributed by atoms with van der Waals surface area (Å²) in [7, 11) is 0. The maximum absolute atomic E-state index is 6.32. The minimum Gasteiger partial charge on any atom is -0.493 e. The van der Waals surface area contributed by atoms with Crippen LogP contribution < -0.4 is 4.74 Å². The fourth-order valence-corrected chi connectivity index (χ4v) is 6.54. The molecule has 0 N–H and O–H groups in total. The van der Waals surface area contributed by atoms with Crippen molar-refractivity contribution in [3.8, 4) is 16.9 Å². The Hall–Kier alpha value is -2.54. The van der Waals surface area contributed by atoms with E-state index in [4.69, 9.17) is 4.74 Å². The molecule has 1 fully saturated rings. The molecule has 0 bridgehead atoms. The summed E-state index contributed by atoms with van der Waals surface area (Å²) in [6.07, 6.45) is 13.5. The molecule has 0 spiro atoms. The van der Waals surface area contributed by atoms with Crippen molar-refractivity contribution in [3.05, 3.63) is 89.0 Å². The second-order valence-electron chi connectivity index (χ2n) is 12.2. The Morgan fingerprint density at radius 1 is 0.692 bits per heavy atom. The molecule has 3 aromatic rings. The minimum absolute atomic E-state index is 0.422. The number of benzene rings is 3. The SMILES string of the molecule is CCc1cc(-c2ccc(CCc3ccc(C4CCC(C)CC4)cc3)cc2)ccc1OCCC(CC)(CC)CC. The summed E-state index contributed by atoms with van der Waals surface area (Å²) in [5, 5.41) is 0. The fourth-order valence-electron chi connectivity index (χ4n) is 6.54. The number of ether oxygens (including phenoxy) is 1. The van der Waals surface area contributed by atoms with E-state index in [1.165, 1.54) is 72.8 Å². The van der Waals surface area contributed by atoms with Gasteiger partial charge in [0.15, 0.2) is 0 Å².